The minimum absolute atomic E-state index is 0.0109. The topological polar surface area (TPSA) is 67.6 Å². The number of para-hydroxylation sites is 1. The van der Waals surface area contributed by atoms with Crippen molar-refractivity contribution in [2.45, 2.75) is 26.3 Å². The molecule has 2 fully saturated rings. The van der Waals surface area contributed by atoms with Gasteiger partial charge in [0.15, 0.2) is 0 Å². The highest BCUT2D eigenvalue weighted by atomic mass is 79.9. The third-order valence-electron chi connectivity index (χ3n) is 5.40. The van der Waals surface area contributed by atoms with Crippen molar-refractivity contribution < 1.29 is 9.59 Å². The fourth-order valence-corrected chi connectivity index (χ4v) is 4.41. The normalized spacial score (nSPS) is 22.2. The van der Waals surface area contributed by atoms with Gasteiger partial charge >= 0.3 is 0 Å². The first-order valence-corrected chi connectivity index (χ1v) is 10.2. The van der Waals surface area contributed by atoms with Crippen LogP contribution in [-0.4, -0.2) is 60.4 Å². The van der Waals surface area contributed by atoms with Gasteiger partial charge in [0, 0.05) is 43.6 Å². The summed E-state index contributed by atoms with van der Waals surface area (Å²) in [6.07, 6.45) is 0.257. The van der Waals surface area contributed by atoms with E-state index >= 15 is 0 Å². The van der Waals surface area contributed by atoms with Crippen molar-refractivity contribution in [1.82, 2.24) is 9.80 Å². The van der Waals surface area contributed by atoms with Crippen molar-refractivity contribution in [2.75, 3.05) is 37.6 Å². The van der Waals surface area contributed by atoms with Crippen LogP contribution in [0.3, 0.4) is 0 Å². The summed E-state index contributed by atoms with van der Waals surface area (Å²) < 4.78 is 0.858. The van der Waals surface area contributed by atoms with Gasteiger partial charge < -0.3 is 9.80 Å². The quantitative estimate of drug-likeness (QED) is 0.732. The number of anilines is 1. The van der Waals surface area contributed by atoms with Gasteiger partial charge in [-0.15, -0.1) is 0 Å². The first-order valence-electron chi connectivity index (χ1n) is 9.39. The zero-order valence-electron chi connectivity index (χ0n) is 15.8. The molecule has 0 aromatic heterocycles. The summed E-state index contributed by atoms with van der Waals surface area (Å²) in [7, 11) is 0. The molecule has 3 rings (SSSR count). The minimum Gasteiger partial charge on any atom is -0.340 e. The Morgan fingerprint density at radius 2 is 1.89 bits per heavy atom. The molecule has 0 spiro atoms. The maximum atomic E-state index is 12.9. The van der Waals surface area contributed by atoms with Crippen LogP contribution in [0, 0.1) is 23.2 Å². The Morgan fingerprint density at radius 3 is 2.48 bits per heavy atom. The fourth-order valence-electron chi connectivity index (χ4n) is 3.91. The number of carbonyl (C=O) groups excluding carboxylic acids is 2. The predicted octanol–water partition coefficient (Wildman–Crippen LogP) is 2.49. The highest BCUT2D eigenvalue weighted by Gasteiger charge is 2.39. The molecule has 0 N–H and O–H groups in total. The zero-order valence-corrected chi connectivity index (χ0v) is 17.4. The molecule has 0 radical (unpaired) electrons. The smallest absolute Gasteiger partial charge is 0.228 e. The lowest BCUT2D eigenvalue weighted by atomic mass is 10.0. The van der Waals surface area contributed by atoms with Gasteiger partial charge in [-0.05, 0) is 34.0 Å². The number of benzene rings is 1. The molecule has 27 heavy (non-hydrogen) atoms. The monoisotopic (exact) mass is 432 g/mol. The van der Waals surface area contributed by atoms with Crippen LogP contribution in [0.2, 0.25) is 0 Å². The van der Waals surface area contributed by atoms with Crippen LogP contribution in [0.15, 0.2) is 28.7 Å². The van der Waals surface area contributed by atoms with E-state index in [2.05, 4.69) is 26.9 Å². The fraction of sp³-hybridized carbons (Fsp3) is 0.550. The first kappa shape index (κ1) is 19.8. The second-order valence-corrected chi connectivity index (χ2v) is 8.39. The number of hydrogen-bond acceptors (Lipinski definition) is 4. The van der Waals surface area contributed by atoms with Crippen molar-refractivity contribution in [2.24, 2.45) is 11.8 Å². The lowest BCUT2D eigenvalue weighted by Crippen LogP contribution is -2.54. The number of nitrogens with zero attached hydrogens (tertiary/aromatic N) is 4. The van der Waals surface area contributed by atoms with Gasteiger partial charge in [0.25, 0.3) is 0 Å². The Balaban J connectivity index is 1.61. The van der Waals surface area contributed by atoms with E-state index in [1.807, 2.05) is 43.0 Å². The van der Waals surface area contributed by atoms with Crippen molar-refractivity contribution in [3.8, 4) is 6.07 Å². The second kappa shape index (κ2) is 8.41. The maximum Gasteiger partial charge on any atom is 0.228 e. The lowest BCUT2D eigenvalue weighted by Gasteiger charge is -2.38. The Kier molecular flexibility index (Phi) is 6.18. The Labute approximate surface area is 168 Å². The molecule has 0 saturated carbocycles. The summed E-state index contributed by atoms with van der Waals surface area (Å²) in [5.41, 5.74) is 0.816. The molecule has 2 saturated heterocycles. The van der Waals surface area contributed by atoms with Crippen molar-refractivity contribution in [3.05, 3.63) is 28.7 Å². The molecule has 1 aromatic rings. The molecule has 6 nitrogen and oxygen atoms in total. The Morgan fingerprint density at radius 1 is 1.22 bits per heavy atom. The first-order chi connectivity index (χ1) is 12.9. The number of rotatable bonds is 4. The molecule has 2 atom stereocenters. The average molecular weight is 433 g/mol. The van der Waals surface area contributed by atoms with E-state index in [1.54, 1.807) is 4.90 Å². The number of halogens is 1. The van der Waals surface area contributed by atoms with Crippen LogP contribution < -0.4 is 4.90 Å². The van der Waals surface area contributed by atoms with Crippen LogP contribution in [-0.2, 0) is 9.59 Å². The summed E-state index contributed by atoms with van der Waals surface area (Å²) in [4.78, 5) is 31.1. The van der Waals surface area contributed by atoms with Crippen LogP contribution in [0.4, 0.5) is 5.69 Å². The molecule has 7 heteroatoms. The maximum absolute atomic E-state index is 12.9. The van der Waals surface area contributed by atoms with Crippen LogP contribution in [0.1, 0.15) is 20.3 Å². The van der Waals surface area contributed by atoms with Gasteiger partial charge in [0.05, 0.1) is 17.7 Å². The number of nitriles is 1. The molecule has 2 unspecified atom stereocenters. The van der Waals surface area contributed by atoms with Gasteiger partial charge in [-0.3, -0.25) is 14.5 Å². The van der Waals surface area contributed by atoms with Gasteiger partial charge in [-0.1, -0.05) is 26.0 Å². The largest absolute Gasteiger partial charge is 0.340 e. The molecule has 2 amide bonds. The molecule has 2 heterocycles. The lowest BCUT2D eigenvalue weighted by molar-refractivity contribution is -0.137. The van der Waals surface area contributed by atoms with E-state index < -0.39 is 0 Å². The molecule has 2 aliphatic heterocycles. The zero-order chi connectivity index (χ0) is 19.6. The Hall–Kier alpha value is -1.91. The molecule has 144 valence electrons. The van der Waals surface area contributed by atoms with Crippen LogP contribution in [0.25, 0.3) is 0 Å². The van der Waals surface area contributed by atoms with Crippen molar-refractivity contribution in [3.63, 3.8) is 0 Å². The van der Waals surface area contributed by atoms with E-state index in [0.717, 1.165) is 10.2 Å². The summed E-state index contributed by atoms with van der Waals surface area (Å²) in [6, 6.07) is 9.85. The summed E-state index contributed by atoms with van der Waals surface area (Å²) >= 11 is 3.48. The second-order valence-electron chi connectivity index (χ2n) is 7.54. The van der Waals surface area contributed by atoms with Crippen molar-refractivity contribution >= 4 is 33.4 Å². The van der Waals surface area contributed by atoms with Crippen LogP contribution >= 0.6 is 15.9 Å². The number of carbonyl (C=O) groups is 2. The van der Waals surface area contributed by atoms with E-state index in [1.165, 1.54) is 0 Å². The molecular formula is C20H25BrN4O2. The average Bonchev–Trinajstić information content (AvgIpc) is 3.04. The third kappa shape index (κ3) is 4.17. The molecular weight excluding hydrogens is 408 g/mol. The standard InChI is InChI=1S/C20H25BrN4O2/c1-14(2)18(12-22)23-7-9-24(10-8-23)20(27)15-11-19(26)25(13-15)17-6-4-3-5-16(17)21/h3-6,14-15,18H,7-11,13H2,1-2H3. The summed E-state index contributed by atoms with van der Waals surface area (Å²) in [5.74, 6) is 0.00875. The van der Waals surface area contributed by atoms with Crippen molar-refractivity contribution in [1.29, 1.82) is 5.26 Å². The summed E-state index contributed by atoms with van der Waals surface area (Å²) in [5, 5.41) is 9.37. The van der Waals surface area contributed by atoms with Gasteiger partial charge in [0.1, 0.15) is 6.04 Å². The minimum atomic E-state index is -0.298. The SMILES string of the molecule is CC(C)C(C#N)N1CCN(C(=O)C2CC(=O)N(c3ccccc3Br)C2)CC1. The summed E-state index contributed by atoms with van der Waals surface area (Å²) in [6.45, 7) is 7.16. The van der Waals surface area contributed by atoms with E-state index in [9.17, 15) is 14.9 Å². The number of piperazine rings is 1. The molecule has 1 aromatic carbocycles. The van der Waals surface area contributed by atoms with Gasteiger partial charge in [-0.2, -0.15) is 5.26 Å². The highest BCUT2D eigenvalue weighted by molar-refractivity contribution is 9.10. The van der Waals surface area contributed by atoms with Gasteiger partial charge in [0.2, 0.25) is 11.8 Å². The van der Waals surface area contributed by atoms with E-state index in [4.69, 9.17) is 0 Å². The number of amides is 2. The highest BCUT2D eigenvalue weighted by Crippen LogP contribution is 2.32. The van der Waals surface area contributed by atoms with Gasteiger partial charge in [-0.25, -0.2) is 0 Å². The van der Waals surface area contributed by atoms with E-state index in [0.29, 0.717) is 32.7 Å². The van der Waals surface area contributed by atoms with Crippen LogP contribution in [0.5, 0.6) is 0 Å². The molecule has 0 bridgehead atoms. The third-order valence-corrected chi connectivity index (χ3v) is 6.07. The molecule has 0 aliphatic carbocycles. The van der Waals surface area contributed by atoms with E-state index in [-0.39, 0.29) is 36.1 Å². The Bertz CT molecular complexity index is 753. The number of hydrogen-bond donors (Lipinski definition) is 0. The molecule has 2 aliphatic rings. The predicted molar refractivity (Wildman–Crippen MR) is 107 cm³/mol.